The summed E-state index contributed by atoms with van der Waals surface area (Å²) in [6.45, 7) is 13.2. The second-order valence-electron chi connectivity index (χ2n) is 6.60. The van der Waals surface area contributed by atoms with Crippen molar-refractivity contribution in [3.05, 3.63) is 60.8 Å². The first-order chi connectivity index (χ1) is 8.21. The third kappa shape index (κ3) is 14.7. The highest BCUT2D eigenvalue weighted by molar-refractivity contribution is 5.18. The van der Waals surface area contributed by atoms with Crippen molar-refractivity contribution < 1.29 is 0 Å². The zero-order valence-corrected chi connectivity index (χ0v) is 12.8. The normalized spacial score (nSPS) is 15.2. The van der Waals surface area contributed by atoms with E-state index in [1.807, 2.05) is 24.3 Å². The molecule has 0 fully saturated rings. The molecule has 0 spiro atoms. The molecule has 0 atom stereocenters. The van der Waals surface area contributed by atoms with Crippen molar-refractivity contribution in [3.63, 3.8) is 0 Å². The molecule has 0 radical (unpaired) electrons. The number of allylic oxidation sites excluding steroid dienone is 10. The molecule has 0 amide bonds. The standard InChI is InChI=1S/C18H28/c1-17(2,3)15-13-11-9-7-8-10-12-14-16-18(4,5)6/h7-16H,1-6H3/b8-7+,11-9+,12-10+,15-13+,16-14+. The molecule has 0 aromatic heterocycles. The van der Waals surface area contributed by atoms with E-state index in [1.165, 1.54) is 0 Å². The van der Waals surface area contributed by atoms with E-state index in [0.717, 1.165) is 0 Å². The Labute approximate surface area is 113 Å². The molecule has 0 aliphatic rings. The van der Waals surface area contributed by atoms with Gasteiger partial charge in [0.25, 0.3) is 0 Å². The highest BCUT2D eigenvalue weighted by Gasteiger charge is 2.02. The average Bonchev–Trinajstić information content (AvgIpc) is 2.17. The summed E-state index contributed by atoms with van der Waals surface area (Å²) in [4.78, 5) is 0. The number of hydrogen-bond acceptors (Lipinski definition) is 0. The van der Waals surface area contributed by atoms with Gasteiger partial charge in [-0.2, -0.15) is 0 Å². The second-order valence-corrected chi connectivity index (χ2v) is 6.60. The lowest BCUT2D eigenvalue weighted by atomic mass is 9.96. The lowest BCUT2D eigenvalue weighted by Gasteiger charge is -2.09. The minimum atomic E-state index is 0.256. The number of rotatable bonds is 4. The van der Waals surface area contributed by atoms with Crippen LogP contribution < -0.4 is 0 Å². The van der Waals surface area contributed by atoms with Crippen LogP contribution in [0, 0.1) is 10.8 Å². The molecule has 0 heterocycles. The van der Waals surface area contributed by atoms with Gasteiger partial charge in [-0.3, -0.25) is 0 Å². The van der Waals surface area contributed by atoms with Gasteiger partial charge in [0.2, 0.25) is 0 Å². The van der Waals surface area contributed by atoms with E-state index >= 15 is 0 Å². The zero-order valence-electron chi connectivity index (χ0n) is 12.8. The Hall–Kier alpha value is -1.30. The molecule has 0 rings (SSSR count). The summed E-state index contributed by atoms with van der Waals surface area (Å²) >= 11 is 0. The Morgan fingerprint density at radius 3 is 0.833 bits per heavy atom. The van der Waals surface area contributed by atoms with Crippen molar-refractivity contribution in [2.24, 2.45) is 10.8 Å². The largest absolute Gasteiger partial charge is 0.0791 e. The van der Waals surface area contributed by atoms with Gasteiger partial charge in [-0.05, 0) is 10.8 Å². The average molecular weight is 244 g/mol. The molecule has 0 saturated carbocycles. The molecule has 100 valence electrons. The van der Waals surface area contributed by atoms with Gasteiger partial charge in [0.15, 0.2) is 0 Å². The second kappa shape index (κ2) is 7.92. The van der Waals surface area contributed by atoms with Crippen molar-refractivity contribution >= 4 is 0 Å². The maximum Gasteiger partial charge on any atom is -0.0200 e. The molecule has 0 aliphatic heterocycles. The van der Waals surface area contributed by atoms with Crippen molar-refractivity contribution in [2.75, 3.05) is 0 Å². The molecule has 0 bridgehead atoms. The van der Waals surface area contributed by atoms with Crippen LogP contribution >= 0.6 is 0 Å². The van der Waals surface area contributed by atoms with Gasteiger partial charge < -0.3 is 0 Å². The summed E-state index contributed by atoms with van der Waals surface area (Å²) in [5.74, 6) is 0. The van der Waals surface area contributed by atoms with E-state index in [1.54, 1.807) is 0 Å². The fraction of sp³-hybridized carbons (Fsp3) is 0.444. The Morgan fingerprint density at radius 2 is 0.611 bits per heavy atom. The van der Waals surface area contributed by atoms with Crippen LogP contribution in [0.1, 0.15) is 41.5 Å². The summed E-state index contributed by atoms with van der Waals surface area (Å²) in [5, 5.41) is 0. The molecule has 0 nitrogen and oxygen atoms in total. The third-order valence-electron chi connectivity index (χ3n) is 1.97. The van der Waals surface area contributed by atoms with Crippen LogP contribution in [0.15, 0.2) is 60.8 Å². The lowest BCUT2D eigenvalue weighted by Crippen LogP contribution is -1.97. The van der Waals surface area contributed by atoms with Crippen LogP contribution in [0.3, 0.4) is 0 Å². The smallest absolute Gasteiger partial charge is 0.0200 e. The van der Waals surface area contributed by atoms with Crippen molar-refractivity contribution in [1.29, 1.82) is 0 Å². The van der Waals surface area contributed by atoms with E-state index < -0.39 is 0 Å². The zero-order chi connectivity index (χ0) is 14.1. The van der Waals surface area contributed by atoms with E-state index in [2.05, 4.69) is 78.0 Å². The van der Waals surface area contributed by atoms with E-state index in [-0.39, 0.29) is 10.8 Å². The predicted octanol–water partition coefficient (Wildman–Crippen LogP) is 5.86. The van der Waals surface area contributed by atoms with Crippen LogP contribution in [0.25, 0.3) is 0 Å². The molecule has 0 N–H and O–H groups in total. The van der Waals surface area contributed by atoms with Crippen LogP contribution in [0.5, 0.6) is 0 Å². The molecule has 0 aromatic rings. The van der Waals surface area contributed by atoms with E-state index in [0.29, 0.717) is 0 Å². The third-order valence-corrected chi connectivity index (χ3v) is 1.97. The van der Waals surface area contributed by atoms with Gasteiger partial charge >= 0.3 is 0 Å². The maximum atomic E-state index is 2.19. The maximum absolute atomic E-state index is 2.19. The fourth-order valence-electron chi connectivity index (χ4n) is 1.07. The summed E-state index contributed by atoms with van der Waals surface area (Å²) < 4.78 is 0. The van der Waals surface area contributed by atoms with Gasteiger partial charge in [0.1, 0.15) is 0 Å². The van der Waals surface area contributed by atoms with Crippen molar-refractivity contribution in [2.45, 2.75) is 41.5 Å². The van der Waals surface area contributed by atoms with Gasteiger partial charge in [-0.25, -0.2) is 0 Å². The lowest BCUT2D eigenvalue weighted by molar-refractivity contribution is 0.544. The molecule has 0 aliphatic carbocycles. The first-order valence-corrected chi connectivity index (χ1v) is 6.58. The fourth-order valence-corrected chi connectivity index (χ4v) is 1.07. The summed E-state index contributed by atoms with van der Waals surface area (Å²) in [5.41, 5.74) is 0.511. The van der Waals surface area contributed by atoms with Crippen molar-refractivity contribution in [3.8, 4) is 0 Å². The van der Waals surface area contributed by atoms with Crippen LogP contribution in [0.2, 0.25) is 0 Å². The van der Waals surface area contributed by atoms with Crippen LogP contribution in [-0.4, -0.2) is 0 Å². The quantitative estimate of drug-likeness (QED) is 0.543. The van der Waals surface area contributed by atoms with Gasteiger partial charge in [0, 0.05) is 0 Å². The van der Waals surface area contributed by atoms with E-state index in [9.17, 15) is 0 Å². The molecule has 0 unspecified atom stereocenters. The van der Waals surface area contributed by atoms with E-state index in [4.69, 9.17) is 0 Å². The molecule has 0 aromatic carbocycles. The summed E-state index contributed by atoms with van der Waals surface area (Å²) in [6.07, 6.45) is 20.8. The minimum Gasteiger partial charge on any atom is -0.0791 e. The van der Waals surface area contributed by atoms with Gasteiger partial charge in [-0.15, -0.1) is 0 Å². The first kappa shape index (κ1) is 16.7. The predicted molar refractivity (Wildman–Crippen MR) is 84.6 cm³/mol. The Morgan fingerprint density at radius 1 is 0.389 bits per heavy atom. The van der Waals surface area contributed by atoms with Gasteiger partial charge in [0.05, 0.1) is 0 Å². The minimum absolute atomic E-state index is 0.256. The SMILES string of the molecule is CC(C)(C)/C=C/C=C/C=C/C=C/C=C/C(C)(C)C. The Balaban J connectivity index is 3.99. The topological polar surface area (TPSA) is 0 Å². The summed E-state index contributed by atoms with van der Waals surface area (Å²) in [6, 6.07) is 0. The monoisotopic (exact) mass is 244 g/mol. The molecule has 0 saturated heterocycles. The van der Waals surface area contributed by atoms with Gasteiger partial charge in [-0.1, -0.05) is 102 Å². The molecule has 18 heavy (non-hydrogen) atoms. The van der Waals surface area contributed by atoms with Crippen molar-refractivity contribution in [1.82, 2.24) is 0 Å². The highest BCUT2D eigenvalue weighted by atomic mass is 14.1. The summed E-state index contributed by atoms with van der Waals surface area (Å²) in [7, 11) is 0. The number of hydrogen-bond donors (Lipinski definition) is 0. The van der Waals surface area contributed by atoms with Crippen LogP contribution in [0.4, 0.5) is 0 Å². The highest BCUT2D eigenvalue weighted by Crippen LogP contribution is 2.14. The molecular formula is C18H28. The van der Waals surface area contributed by atoms with Crippen LogP contribution in [-0.2, 0) is 0 Å². The Bertz CT molecular complexity index is 310. The molecular weight excluding hydrogens is 216 g/mol. The molecule has 0 heteroatoms. The Kier molecular flexibility index (Phi) is 7.35. The first-order valence-electron chi connectivity index (χ1n) is 6.58.